The van der Waals surface area contributed by atoms with Crippen molar-refractivity contribution in [1.29, 1.82) is 0 Å². The number of hydrogen-bond donors (Lipinski definition) is 1. The summed E-state index contributed by atoms with van der Waals surface area (Å²) in [4.78, 5) is 0. The number of benzene rings is 6. The molecule has 0 saturated carbocycles. The van der Waals surface area contributed by atoms with Crippen LogP contribution < -0.4 is 0 Å². The van der Waals surface area contributed by atoms with Crippen LogP contribution in [0.25, 0.3) is 54.9 Å². The number of rotatable bonds is 3. The van der Waals surface area contributed by atoms with Gasteiger partial charge in [0, 0.05) is 11.1 Å². The average Bonchev–Trinajstić information content (AvgIpc) is 2.88. The summed E-state index contributed by atoms with van der Waals surface area (Å²) < 4.78 is 13.8. The van der Waals surface area contributed by atoms with Gasteiger partial charge in [-0.15, -0.1) is 0 Å². The molecule has 0 atom stereocenters. The Morgan fingerprint density at radius 3 is 1.88 bits per heavy atom. The highest BCUT2D eigenvalue weighted by atomic mass is 19.1. The first-order valence-corrected chi connectivity index (χ1v) is 11.3. The van der Waals surface area contributed by atoms with Crippen molar-refractivity contribution in [3.05, 3.63) is 127 Å². The van der Waals surface area contributed by atoms with Crippen LogP contribution in [0.1, 0.15) is 0 Å². The number of aromatic hydroxyl groups is 1. The summed E-state index contributed by atoms with van der Waals surface area (Å²) in [5, 5.41) is 15.5. The Balaban J connectivity index is 1.84. The highest BCUT2D eigenvalue weighted by molar-refractivity contribution is 6.14. The molecule has 0 aromatic heterocycles. The Morgan fingerprint density at radius 1 is 0.471 bits per heavy atom. The molecule has 0 fully saturated rings. The predicted octanol–water partition coefficient (Wildman–Crippen LogP) is 8.84. The summed E-state index contributed by atoms with van der Waals surface area (Å²) in [5.41, 5.74) is 5.66. The molecule has 6 aromatic rings. The molecule has 6 aromatic carbocycles. The van der Waals surface area contributed by atoms with Crippen molar-refractivity contribution in [2.75, 3.05) is 0 Å². The van der Waals surface area contributed by atoms with Crippen LogP contribution >= 0.6 is 0 Å². The van der Waals surface area contributed by atoms with E-state index in [0.717, 1.165) is 54.9 Å². The van der Waals surface area contributed by atoms with Gasteiger partial charge in [0.1, 0.15) is 11.6 Å². The van der Waals surface area contributed by atoms with E-state index in [1.54, 1.807) is 18.2 Å². The summed E-state index contributed by atoms with van der Waals surface area (Å²) in [6, 6.07) is 39.1. The number of para-hydroxylation sites is 1. The maximum atomic E-state index is 13.8. The number of phenols is 1. The van der Waals surface area contributed by atoms with Crippen molar-refractivity contribution in [2.45, 2.75) is 0 Å². The fourth-order valence-electron chi connectivity index (χ4n) is 4.89. The van der Waals surface area contributed by atoms with Gasteiger partial charge < -0.3 is 5.11 Å². The van der Waals surface area contributed by atoms with Crippen LogP contribution in [-0.2, 0) is 0 Å². The van der Waals surface area contributed by atoms with E-state index in [0.29, 0.717) is 0 Å². The SMILES string of the molecule is Oc1ccccc1-c1c(-c2ccc(F)cc2)cc2ccccc2c1-c1cccc2ccccc12. The fraction of sp³-hybridized carbons (Fsp3) is 0. The number of halogens is 1. The third-order valence-electron chi connectivity index (χ3n) is 6.44. The molecule has 0 bridgehead atoms. The van der Waals surface area contributed by atoms with E-state index >= 15 is 0 Å². The summed E-state index contributed by atoms with van der Waals surface area (Å²) >= 11 is 0. The monoisotopic (exact) mass is 440 g/mol. The Hall–Kier alpha value is -4.43. The van der Waals surface area contributed by atoms with Crippen molar-refractivity contribution in [3.63, 3.8) is 0 Å². The largest absolute Gasteiger partial charge is 0.507 e. The molecule has 0 heterocycles. The summed E-state index contributed by atoms with van der Waals surface area (Å²) in [7, 11) is 0. The normalized spacial score (nSPS) is 11.2. The van der Waals surface area contributed by atoms with Crippen LogP contribution in [0.2, 0.25) is 0 Å². The molecular weight excluding hydrogens is 419 g/mol. The molecule has 0 aliphatic heterocycles. The number of fused-ring (bicyclic) bond motifs is 2. The van der Waals surface area contributed by atoms with Gasteiger partial charge in [0.05, 0.1) is 0 Å². The predicted molar refractivity (Wildman–Crippen MR) is 139 cm³/mol. The second-order valence-corrected chi connectivity index (χ2v) is 8.45. The lowest BCUT2D eigenvalue weighted by molar-refractivity contribution is 0.477. The lowest BCUT2D eigenvalue weighted by Gasteiger charge is -2.21. The van der Waals surface area contributed by atoms with Crippen LogP contribution in [0.15, 0.2) is 121 Å². The molecule has 0 saturated heterocycles. The van der Waals surface area contributed by atoms with E-state index in [1.165, 1.54) is 12.1 Å². The van der Waals surface area contributed by atoms with Gasteiger partial charge in [0.25, 0.3) is 0 Å². The molecule has 1 N–H and O–H groups in total. The minimum atomic E-state index is -0.275. The quantitative estimate of drug-likeness (QED) is 0.291. The van der Waals surface area contributed by atoms with Crippen molar-refractivity contribution < 1.29 is 9.50 Å². The molecule has 162 valence electrons. The third kappa shape index (κ3) is 3.32. The second kappa shape index (κ2) is 8.17. The van der Waals surface area contributed by atoms with E-state index in [-0.39, 0.29) is 11.6 Å². The Kier molecular flexibility index (Phi) is 4.85. The van der Waals surface area contributed by atoms with E-state index in [1.807, 2.05) is 36.4 Å². The van der Waals surface area contributed by atoms with E-state index in [9.17, 15) is 9.50 Å². The summed E-state index contributed by atoms with van der Waals surface area (Å²) in [5.74, 6) is -0.0643. The second-order valence-electron chi connectivity index (χ2n) is 8.45. The van der Waals surface area contributed by atoms with Gasteiger partial charge in [0.2, 0.25) is 0 Å². The highest BCUT2D eigenvalue weighted by Gasteiger charge is 2.21. The molecular formula is C32H21FO. The Labute approximate surface area is 197 Å². The molecule has 0 aliphatic carbocycles. The third-order valence-corrected chi connectivity index (χ3v) is 6.44. The smallest absolute Gasteiger partial charge is 0.123 e. The summed E-state index contributed by atoms with van der Waals surface area (Å²) in [6.07, 6.45) is 0. The van der Waals surface area contributed by atoms with Crippen molar-refractivity contribution in [2.24, 2.45) is 0 Å². The lowest BCUT2D eigenvalue weighted by Crippen LogP contribution is -1.94. The van der Waals surface area contributed by atoms with Crippen LogP contribution in [0.5, 0.6) is 5.75 Å². The first-order valence-electron chi connectivity index (χ1n) is 11.3. The molecule has 2 heteroatoms. The summed E-state index contributed by atoms with van der Waals surface area (Å²) in [6.45, 7) is 0. The maximum Gasteiger partial charge on any atom is 0.123 e. The van der Waals surface area contributed by atoms with Crippen molar-refractivity contribution in [1.82, 2.24) is 0 Å². The Bertz CT molecular complexity index is 1660. The van der Waals surface area contributed by atoms with Crippen molar-refractivity contribution in [3.8, 4) is 39.1 Å². The van der Waals surface area contributed by atoms with Gasteiger partial charge in [0.15, 0.2) is 0 Å². The van der Waals surface area contributed by atoms with Crippen molar-refractivity contribution >= 4 is 21.5 Å². The van der Waals surface area contributed by atoms with Gasteiger partial charge in [-0.25, -0.2) is 4.39 Å². The lowest BCUT2D eigenvalue weighted by atomic mass is 9.82. The molecule has 0 radical (unpaired) electrons. The molecule has 1 nitrogen and oxygen atoms in total. The zero-order chi connectivity index (χ0) is 23.1. The van der Waals surface area contributed by atoms with Gasteiger partial charge >= 0.3 is 0 Å². The first kappa shape index (κ1) is 20.2. The minimum absolute atomic E-state index is 0.211. The van der Waals surface area contributed by atoms with E-state index in [4.69, 9.17) is 0 Å². The highest BCUT2D eigenvalue weighted by Crippen LogP contribution is 2.48. The minimum Gasteiger partial charge on any atom is -0.507 e. The maximum absolute atomic E-state index is 13.8. The van der Waals surface area contributed by atoms with Gasteiger partial charge in [-0.2, -0.15) is 0 Å². The van der Waals surface area contributed by atoms with E-state index in [2.05, 4.69) is 54.6 Å². The van der Waals surface area contributed by atoms with Crippen LogP contribution in [0.3, 0.4) is 0 Å². The topological polar surface area (TPSA) is 20.2 Å². The van der Waals surface area contributed by atoms with Crippen LogP contribution in [0.4, 0.5) is 4.39 Å². The fourth-order valence-corrected chi connectivity index (χ4v) is 4.89. The molecule has 0 unspecified atom stereocenters. The van der Waals surface area contributed by atoms with Gasteiger partial charge in [-0.3, -0.25) is 0 Å². The van der Waals surface area contributed by atoms with E-state index < -0.39 is 0 Å². The molecule has 0 aliphatic rings. The first-order chi connectivity index (χ1) is 16.7. The van der Waals surface area contributed by atoms with Gasteiger partial charge in [-0.1, -0.05) is 97.1 Å². The Morgan fingerprint density at radius 2 is 1.09 bits per heavy atom. The number of hydrogen-bond acceptors (Lipinski definition) is 1. The zero-order valence-corrected chi connectivity index (χ0v) is 18.4. The molecule has 34 heavy (non-hydrogen) atoms. The van der Waals surface area contributed by atoms with Crippen LogP contribution in [-0.4, -0.2) is 5.11 Å². The standard InChI is InChI=1S/C32H21FO/c33-24-18-16-22(17-19-24)29-20-23-9-2-4-12-26(23)31(32(29)28-13-5-6-15-30(28)34)27-14-7-10-21-8-1-3-11-25(21)27/h1-20,34H. The molecule has 0 amide bonds. The van der Waals surface area contributed by atoms with Gasteiger partial charge in [-0.05, 0) is 68.1 Å². The molecule has 6 rings (SSSR count). The zero-order valence-electron chi connectivity index (χ0n) is 18.4. The van der Waals surface area contributed by atoms with Crippen LogP contribution in [0, 0.1) is 5.82 Å². The number of phenolic OH excluding ortho intramolecular Hbond substituents is 1. The average molecular weight is 441 g/mol. The molecule has 0 spiro atoms.